The van der Waals surface area contributed by atoms with Gasteiger partial charge in [0.1, 0.15) is 4.90 Å². The molecule has 0 spiro atoms. The molecule has 0 aromatic carbocycles. The van der Waals surface area contributed by atoms with Gasteiger partial charge in [0.05, 0.1) is 18.4 Å². The van der Waals surface area contributed by atoms with Gasteiger partial charge in [-0.25, -0.2) is 23.1 Å². The van der Waals surface area contributed by atoms with Gasteiger partial charge in [0, 0.05) is 11.4 Å². The molecule has 2 aromatic rings. The minimum absolute atomic E-state index is 0.0687. The second-order valence-corrected chi connectivity index (χ2v) is 7.06. The molecule has 2 N–H and O–H groups in total. The van der Waals surface area contributed by atoms with Crippen molar-refractivity contribution < 1.29 is 8.42 Å². The number of thiophene rings is 1. The highest BCUT2D eigenvalue weighted by atomic mass is 32.2. The maximum atomic E-state index is 12.4. The number of rotatable bonds is 7. The molecule has 6 nitrogen and oxygen atoms in total. The summed E-state index contributed by atoms with van der Waals surface area (Å²) in [5.74, 6) is 0.418. The molecule has 2 aromatic heterocycles. The van der Waals surface area contributed by atoms with E-state index in [0.717, 1.165) is 4.88 Å². The Bertz CT molecular complexity index is 654. The van der Waals surface area contributed by atoms with E-state index in [1.807, 2.05) is 31.4 Å². The number of anilines is 1. The maximum absolute atomic E-state index is 12.4. The van der Waals surface area contributed by atoms with Crippen LogP contribution in [0, 0.1) is 0 Å². The van der Waals surface area contributed by atoms with Gasteiger partial charge in [-0.3, -0.25) is 0 Å². The molecule has 0 amide bonds. The van der Waals surface area contributed by atoms with E-state index in [9.17, 15) is 8.42 Å². The molecule has 0 aliphatic rings. The fraction of sp³-hybridized carbons (Fsp3) is 0.385. The van der Waals surface area contributed by atoms with Gasteiger partial charge in [0.2, 0.25) is 16.0 Å². The monoisotopic (exact) mass is 326 g/mol. The molecule has 2 heterocycles. The van der Waals surface area contributed by atoms with Gasteiger partial charge in [-0.15, -0.1) is 11.3 Å². The molecule has 0 bridgehead atoms. The van der Waals surface area contributed by atoms with Gasteiger partial charge >= 0.3 is 0 Å². The zero-order valence-corrected chi connectivity index (χ0v) is 13.5. The zero-order valence-electron chi connectivity index (χ0n) is 11.9. The molecule has 0 saturated carbocycles. The van der Waals surface area contributed by atoms with Crippen LogP contribution in [0.15, 0.2) is 34.8 Å². The van der Waals surface area contributed by atoms with Crippen LogP contribution >= 0.6 is 11.3 Å². The second kappa shape index (κ2) is 6.97. The molecule has 0 saturated heterocycles. The van der Waals surface area contributed by atoms with Crippen LogP contribution in [0.5, 0.6) is 0 Å². The van der Waals surface area contributed by atoms with Crippen LogP contribution in [0.1, 0.15) is 31.2 Å². The van der Waals surface area contributed by atoms with E-state index in [2.05, 4.69) is 20.0 Å². The van der Waals surface area contributed by atoms with E-state index in [4.69, 9.17) is 0 Å². The lowest BCUT2D eigenvalue weighted by atomic mass is 10.2. The summed E-state index contributed by atoms with van der Waals surface area (Å²) in [5.41, 5.74) is 0. The van der Waals surface area contributed by atoms with E-state index in [-0.39, 0.29) is 10.9 Å². The normalized spacial score (nSPS) is 13.0. The van der Waals surface area contributed by atoms with Gasteiger partial charge in [0.25, 0.3) is 0 Å². The Balaban J connectivity index is 2.17. The van der Waals surface area contributed by atoms with Gasteiger partial charge in [-0.2, -0.15) is 0 Å². The Morgan fingerprint density at radius 1 is 1.29 bits per heavy atom. The van der Waals surface area contributed by atoms with Crippen molar-refractivity contribution in [2.24, 2.45) is 0 Å². The summed E-state index contributed by atoms with van der Waals surface area (Å²) in [4.78, 5) is 9.04. The quantitative estimate of drug-likeness (QED) is 0.816. The molecule has 1 atom stereocenters. The Hall–Kier alpha value is -1.51. The number of nitrogens with zero attached hydrogens (tertiary/aromatic N) is 2. The molecular formula is C13H18N4O2S2. The van der Waals surface area contributed by atoms with E-state index in [0.29, 0.717) is 18.9 Å². The Kier molecular flexibility index (Phi) is 5.27. The first-order chi connectivity index (χ1) is 10.1. The van der Waals surface area contributed by atoms with Gasteiger partial charge in [0.15, 0.2) is 0 Å². The molecule has 1 unspecified atom stereocenters. The highest BCUT2D eigenvalue weighted by Crippen LogP contribution is 2.23. The van der Waals surface area contributed by atoms with Crippen molar-refractivity contribution in [2.75, 3.05) is 11.9 Å². The Morgan fingerprint density at radius 2 is 2.00 bits per heavy atom. The molecular weight excluding hydrogens is 308 g/mol. The largest absolute Gasteiger partial charge is 0.355 e. The summed E-state index contributed by atoms with van der Waals surface area (Å²) in [7, 11) is -3.63. The topological polar surface area (TPSA) is 84.0 Å². The number of hydrogen-bond acceptors (Lipinski definition) is 6. The van der Waals surface area contributed by atoms with E-state index in [1.165, 1.54) is 23.7 Å². The highest BCUT2D eigenvalue weighted by molar-refractivity contribution is 7.89. The minimum atomic E-state index is -3.63. The smallest absolute Gasteiger partial charge is 0.244 e. The average molecular weight is 326 g/mol. The van der Waals surface area contributed by atoms with Gasteiger partial charge < -0.3 is 5.32 Å². The van der Waals surface area contributed by atoms with Crippen LogP contribution < -0.4 is 10.0 Å². The minimum Gasteiger partial charge on any atom is -0.355 e. The van der Waals surface area contributed by atoms with Crippen molar-refractivity contribution in [3.63, 3.8) is 0 Å². The number of nitrogens with one attached hydrogen (secondary N) is 2. The second-order valence-electron chi connectivity index (χ2n) is 4.37. The number of aromatic nitrogens is 2. The van der Waals surface area contributed by atoms with Crippen molar-refractivity contribution in [3.05, 3.63) is 34.8 Å². The summed E-state index contributed by atoms with van der Waals surface area (Å²) in [5, 5.41) is 4.86. The summed E-state index contributed by atoms with van der Waals surface area (Å²) < 4.78 is 27.4. The molecule has 21 heavy (non-hydrogen) atoms. The van der Waals surface area contributed by atoms with Crippen LogP contribution in [-0.2, 0) is 10.0 Å². The third kappa shape index (κ3) is 3.99. The SMILES string of the molecule is CCNc1ncc(S(=O)(=O)NC(CC)c2cccs2)cn1. The average Bonchev–Trinajstić information content (AvgIpc) is 3.00. The summed E-state index contributed by atoms with van der Waals surface area (Å²) in [6.07, 6.45) is 3.30. The van der Waals surface area contributed by atoms with Crippen molar-refractivity contribution in [2.45, 2.75) is 31.2 Å². The number of hydrogen-bond donors (Lipinski definition) is 2. The maximum Gasteiger partial charge on any atom is 0.244 e. The van der Waals surface area contributed by atoms with E-state index < -0.39 is 10.0 Å². The lowest BCUT2D eigenvalue weighted by Crippen LogP contribution is -2.28. The third-order valence-corrected chi connectivity index (χ3v) is 5.28. The van der Waals surface area contributed by atoms with Crippen LogP contribution in [0.25, 0.3) is 0 Å². The molecule has 2 rings (SSSR count). The third-order valence-electron chi connectivity index (χ3n) is 2.87. The van der Waals surface area contributed by atoms with Crippen molar-refractivity contribution in [1.29, 1.82) is 0 Å². The molecule has 0 aliphatic carbocycles. The van der Waals surface area contributed by atoms with Gasteiger partial charge in [-0.05, 0) is 24.8 Å². The fourth-order valence-electron chi connectivity index (χ4n) is 1.79. The lowest BCUT2D eigenvalue weighted by molar-refractivity contribution is 0.552. The van der Waals surface area contributed by atoms with Gasteiger partial charge in [-0.1, -0.05) is 13.0 Å². The predicted molar refractivity (Wildman–Crippen MR) is 83.9 cm³/mol. The predicted octanol–water partition coefficient (Wildman–Crippen LogP) is 2.40. The fourth-order valence-corrected chi connectivity index (χ4v) is 3.91. The molecule has 114 valence electrons. The van der Waals surface area contributed by atoms with Crippen LogP contribution in [-0.4, -0.2) is 24.9 Å². The highest BCUT2D eigenvalue weighted by Gasteiger charge is 2.21. The zero-order chi connectivity index (χ0) is 15.3. The molecule has 8 heteroatoms. The molecule has 0 fully saturated rings. The number of sulfonamides is 1. The molecule has 0 aliphatic heterocycles. The Morgan fingerprint density at radius 3 is 2.52 bits per heavy atom. The first-order valence-electron chi connectivity index (χ1n) is 6.68. The van der Waals surface area contributed by atoms with Crippen LogP contribution in [0.4, 0.5) is 5.95 Å². The van der Waals surface area contributed by atoms with Crippen LogP contribution in [0.2, 0.25) is 0 Å². The summed E-state index contributed by atoms with van der Waals surface area (Å²) >= 11 is 1.53. The van der Waals surface area contributed by atoms with E-state index >= 15 is 0 Å². The summed E-state index contributed by atoms with van der Waals surface area (Å²) in [6.45, 7) is 4.54. The lowest BCUT2D eigenvalue weighted by Gasteiger charge is -2.15. The Labute approximate surface area is 128 Å². The standard InChI is InChI=1S/C13H18N4O2S2/c1-3-11(12-6-5-7-20-12)17-21(18,19)10-8-15-13(14-4-2)16-9-10/h5-9,11,17H,3-4H2,1-2H3,(H,14,15,16). The van der Waals surface area contributed by atoms with Crippen molar-refractivity contribution in [1.82, 2.24) is 14.7 Å². The van der Waals surface area contributed by atoms with Crippen molar-refractivity contribution >= 4 is 27.3 Å². The van der Waals surface area contributed by atoms with E-state index in [1.54, 1.807) is 0 Å². The van der Waals surface area contributed by atoms with Crippen LogP contribution in [0.3, 0.4) is 0 Å². The first-order valence-corrected chi connectivity index (χ1v) is 9.04. The van der Waals surface area contributed by atoms with Crippen molar-refractivity contribution in [3.8, 4) is 0 Å². The summed E-state index contributed by atoms with van der Waals surface area (Å²) in [6, 6.07) is 3.60. The molecule has 0 radical (unpaired) electrons. The first kappa shape index (κ1) is 15.9.